The third-order valence-corrected chi connectivity index (χ3v) is 6.24. The van der Waals surface area contributed by atoms with Crippen molar-refractivity contribution in [3.05, 3.63) is 33.1 Å². The van der Waals surface area contributed by atoms with Gasteiger partial charge in [0.2, 0.25) is 0 Å². The summed E-state index contributed by atoms with van der Waals surface area (Å²) in [5, 5.41) is 0. The second-order valence-electron chi connectivity index (χ2n) is 7.66. The van der Waals surface area contributed by atoms with Crippen molar-refractivity contribution in [2.75, 3.05) is 0 Å². The fourth-order valence-corrected chi connectivity index (χ4v) is 4.89. The van der Waals surface area contributed by atoms with E-state index in [0.29, 0.717) is 0 Å². The average molecular weight is 350 g/mol. The normalized spacial score (nSPS) is 35.3. The Hall–Kier alpha value is -1.44. The molecule has 2 saturated heterocycles. The van der Waals surface area contributed by atoms with E-state index in [-0.39, 0.29) is 6.10 Å². The van der Waals surface area contributed by atoms with Gasteiger partial charge in [0.15, 0.2) is 12.0 Å². The molecule has 2 aliphatic heterocycles. The molecule has 3 heterocycles. The van der Waals surface area contributed by atoms with Crippen molar-refractivity contribution in [2.24, 2.45) is 0 Å². The second-order valence-corrected chi connectivity index (χ2v) is 7.66. The molecule has 3 atom stereocenters. The number of nitrogens with zero attached hydrogens (tertiary/aromatic N) is 1. The SMILES string of the molecule is CCC1(CC)O[C@@H](n2ccc(=O)[nH]c2=O)[C@]2(C)OC3(CCCC3)O[C@H]12. The van der Waals surface area contributed by atoms with Crippen molar-refractivity contribution >= 4 is 0 Å². The topological polar surface area (TPSA) is 82.6 Å². The molecule has 1 saturated carbocycles. The van der Waals surface area contributed by atoms with Gasteiger partial charge in [-0.25, -0.2) is 4.79 Å². The Morgan fingerprint density at radius 3 is 2.48 bits per heavy atom. The number of aromatic nitrogens is 2. The smallest absolute Gasteiger partial charge is 0.330 e. The summed E-state index contributed by atoms with van der Waals surface area (Å²) in [5.74, 6) is -0.567. The van der Waals surface area contributed by atoms with Crippen LogP contribution in [0.1, 0.15) is 65.5 Å². The van der Waals surface area contributed by atoms with Gasteiger partial charge < -0.3 is 14.2 Å². The summed E-state index contributed by atoms with van der Waals surface area (Å²) in [6, 6.07) is 1.34. The summed E-state index contributed by atoms with van der Waals surface area (Å²) in [6.07, 6.45) is 6.02. The van der Waals surface area contributed by atoms with Crippen LogP contribution in [-0.2, 0) is 14.2 Å². The molecular weight excluding hydrogens is 324 g/mol. The molecule has 25 heavy (non-hydrogen) atoms. The maximum absolute atomic E-state index is 12.4. The number of nitrogens with one attached hydrogen (secondary N) is 1. The number of H-pyrrole nitrogens is 1. The molecule has 0 bridgehead atoms. The number of hydrogen-bond donors (Lipinski definition) is 1. The summed E-state index contributed by atoms with van der Waals surface area (Å²) >= 11 is 0. The molecule has 138 valence electrons. The molecule has 3 aliphatic rings. The van der Waals surface area contributed by atoms with E-state index in [1.165, 1.54) is 16.8 Å². The highest BCUT2D eigenvalue weighted by Gasteiger charge is 2.70. The van der Waals surface area contributed by atoms with Crippen molar-refractivity contribution in [1.29, 1.82) is 0 Å². The monoisotopic (exact) mass is 350 g/mol. The van der Waals surface area contributed by atoms with Crippen molar-refractivity contribution in [1.82, 2.24) is 9.55 Å². The van der Waals surface area contributed by atoms with Crippen LogP contribution >= 0.6 is 0 Å². The second kappa shape index (κ2) is 5.53. The molecule has 0 radical (unpaired) electrons. The average Bonchev–Trinajstić information content (AvgIpc) is 3.21. The van der Waals surface area contributed by atoms with Crippen molar-refractivity contribution in [3.63, 3.8) is 0 Å². The first-order valence-electron chi connectivity index (χ1n) is 9.25. The number of aromatic amines is 1. The minimum absolute atomic E-state index is 0.253. The lowest BCUT2D eigenvalue weighted by atomic mass is 9.84. The van der Waals surface area contributed by atoms with E-state index in [9.17, 15) is 9.59 Å². The molecule has 1 aromatic rings. The van der Waals surface area contributed by atoms with Gasteiger partial charge >= 0.3 is 5.69 Å². The summed E-state index contributed by atoms with van der Waals surface area (Å²) in [7, 11) is 0. The predicted octanol–water partition coefficient (Wildman–Crippen LogP) is 2.07. The van der Waals surface area contributed by atoms with Gasteiger partial charge in [-0.05, 0) is 32.6 Å². The van der Waals surface area contributed by atoms with E-state index in [1.807, 2.05) is 6.92 Å². The summed E-state index contributed by atoms with van der Waals surface area (Å²) < 4.78 is 20.9. The highest BCUT2D eigenvalue weighted by atomic mass is 16.8. The highest BCUT2D eigenvalue weighted by Crippen LogP contribution is 2.59. The van der Waals surface area contributed by atoms with Crippen molar-refractivity contribution in [3.8, 4) is 0 Å². The number of fused-ring (bicyclic) bond motifs is 1. The van der Waals surface area contributed by atoms with Crippen molar-refractivity contribution < 1.29 is 14.2 Å². The van der Waals surface area contributed by atoms with Gasteiger partial charge in [-0.1, -0.05) is 13.8 Å². The Bertz CT molecular complexity index is 774. The number of hydrogen-bond acceptors (Lipinski definition) is 5. The summed E-state index contributed by atoms with van der Waals surface area (Å²) in [5.41, 5.74) is -2.20. The first kappa shape index (κ1) is 17.0. The van der Waals surface area contributed by atoms with Crippen LogP contribution in [0.5, 0.6) is 0 Å². The van der Waals surface area contributed by atoms with E-state index < -0.39 is 34.5 Å². The lowest BCUT2D eigenvalue weighted by Gasteiger charge is -2.34. The minimum Gasteiger partial charge on any atom is -0.345 e. The maximum atomic E-state index is 12.4. The fourth-order valence-electron chi connectivity index (χ4n) is 4.89. The Kier molecular flexibility index (Phi) is 3.76. The van der Waals surface area contributed by atoms with Gasteiger partial charge in [-0.2, -0.15) is 0 Å². The predicted molar refractivity (Wildman–Crippen MR) is 90.3 cm³/mol. The molecule has 1 aliphatic carbocycles. The number of rotatable bonds is 3. The highest BCUT2D eigenvalue weighted by molar-refractivity contribution is 5.14. The maximum Gasteiger partial charge on any atom is 0.330 e. The molecule has 7 nitrogen and oxygen atoms in total. The molecule has 1 aromatic heterocycles. The van der Waals surface area contributed by atoms with Gasteiger partial charge in [-0.3, -0.25) is 14.3 Å². The lowest BCUT2D eigenvalue weighted by Crippen LogP contribution is -2.47. The molecule has 1 spiro atoms. The molecule has 0 aromatic carbocycles. The van der Waals surface area contributed by atoms with Gasteiger partial charge in [0.25, 0.3) is 5.56 Å². The summed E-state index contributed by atoms with van der Waals surface area (Å²) in [6.45, 7) is 6.12. The van der Waals surface area contributed by atoms with Crippen LogP contribution < -0.4 is 11.2 Å². The lowest BCUT2D eigenvalue weighted by molar-refractivity contribution is -0.248. The number of ether oxygens (including phenoxy) is 3. The Balaban J connectivity index is 1.82. The Labute approximate surface area is 146 Å². The zero-order valence-electron chi connectivity index (χ0n) is 15.0. The largest absolute Gasteiger partial charge is 0.345 e. The standard InChI is InChI=1S/C18H26N2O5/c1-4-17(5-2)13-16(3,25-18(23-13)9-6-7-10-18)14(24-17)20-11-8-12(21)19-15(20)22/h8,11,13-14H,4-7,9-10H2,1-3H3,(H,19,21,22)/t13-,14+,16+/m0/s1. The van der Waals surface area contributed by atoms with Gasteiger partial charge in [-0.15, -0.1) is 0 Å². The van der Waals surface area contributed by atoms with E-state index in [4.69, 9.17) is 14.2 Å². The van der Waals surface area contributed by atoms with E-state index >= 15 is 0 Å². The van der Waals surface area contributed by atoms with Crippen LogP contribution in [0.15, 0.2) is 21.9 Å². The van der Waals surface area contributed by atoms with Crippen LogP contribution in [0.25, 0.3) is 0 Å². The van der Waals surface area contributed by atoms with Gasteiger partial charge in [0, 0.05) is 25.1 Å². The third kappa shape index (κ3) is 2.29. The van der Waals surface area contributed by atoms with Crippen LogP contribution in [0, 0.1) is 0 Å². The summed E-state index contributed by atoms with van der Waals surface area (Å²) in [4.78, 5) is 26.1. The van der Waals surface area contributed by atoms with E-state index in [0.717, 1.165) is 38.5 Å². The van der Waals surface area contributed by atoms with Crippen molar-refractivity contribution in [2.45, 2.75) is 88.6 Å². The third-order valence-electron chi connectivity index (χ3n) is 6.24. The first-order valence-corrected chi connectivity index (χ1v) is 9.25. The molecule has 1 N–H and O–H groups in total. The first-order chi connectivity index (χ1) is 11.9. The molecular formula is C18H26N2O5. The Morgan fingerprint density at radius 1 is 1.20 bits per heavy atom. The zero-order chi connectivity index (χ0) is 17.9. The van der Waals surface area contributed by atoms with E-state index in [1.54, 1.807) is 0 Å². The molecule has 3 fully saturated rings. The molecule has 7 heteroatoms. The van der Waals surface area contributed by atoms with Crippen LogP contribution in [0.3, 0.4) is 0 Å². The van der Waals surface area contributed by atoms with Crippen LogP contribution in [0.4, 0.5) is 0 Å². The minimum atomic E-state index is -0.779. The van der Waals surface area contributed by atoms with Crippen LogP contribution in [-0.4, -0.2) is 32.6 Å². The Morgan fingerprint density at radius 2 is 1.88 bits per heavy atom. The van der Waals surface area contributed by atoms with E-state index in [2.05, 4.69) is 18.8 Å². The van der Waals surface area contributed by atoms with Gasteiger partial charge in [0.1, 0.15) is 11.7 Å². The quantitative estimate of drug-likeness (QED) is 0.902. The van der Waals surface area contributed by atoms with Crippen LogP contribution in [0.2, 0.25) is 0 Å². The molecule has 0 unspecified atom stereocenters. The van der Waals surface area contributed by atoms with Gasteiger partial charge in [0.05, 0.1) is 5.60 Å². The fraction of sp³-hybridized carbons (Fsp3) is 0.778. The molecule has 0 amide bonds. The zero-order valence-corrected chi connectivity index (χ0v) is 15.0. The molecule has 4 rings (SSSR count).